The summed E-state index contributed by atoms with van der Waals surface area (Å²) in [5.41, 5.74) is 5.90. The Balaban J connectivity index is 1.44. The molecule has 0 N–H and O–H groups in total. The largest absolute Gasteiger partial charge is 0.419 e. The summed E-state index contributed by atoms with van der Waals surface area (Å²) in [6.07, 6.45) is 2.49. The number of aldehydes is 1. The number of hydrogen-bond acceptors (Lipinski definition) is 5. The highest BCUT2D eigenvalue weighted by molar-refractivity contribution is 6.11. The van der Waals surface area contributed by atoms with Gasteiger partial charge >= 0.3 is 6.02 Å². The third-order valence-electron chi connectivity index (χ3n) is 6.27. The number of benzene rings is 4. The van der Waals surface area contributed by atoms with E-state index >= 15 is 0 Å². The number of nitrogens with zero attached hydrogens (tertiary/aromatic N) is 3. The lowest BCUT2D eigenvalue weighted by molar-refractivity contribution is -0.122. The fourth-order valence-electron chi connectivity index (χ4n) is 4.27. The summed E-state index contributed by atoms with van der Waals surface area (Å²) in [5, 5.41) is 0. The van der Waals surface area contributed by atoms with E-state index in [1.807, 2.05) is 80.6 Å². The van der Waals surface area contributed by atoms with Crippen LogP contribution in [0.1, 0.15) is 28.4 Å². The fourth-order valence-corrected chi connectivity index (χ4v) is 4.27. The molecule has 5 rings (SSSR count). The SMILES string of the molecule is CCN1C(=O)/C(=C\c2ccc(N(c3ccccc3)c3ccccc3)cc2)O/C1=N/c1cc(C=O)ccc1C. The normalized spacial score (nSPS) is 15.1. The van der Waals surface area contributed by atoms with Gasteiger partial charge in [0, 0.05) is 29.2 Å². The van der Waals surface area contributed by atoms with Crippen molar-refractivity contribution in [1.82, 2.24) is 4.90 Å². The molecule has 1 saturated heterocycles. The van der Waals surface area contributed by atoms with Crippen molar-refractivity contribution in [2.24, 2.45) is 4.99 Å². The van der Waals surface area contributed by atoms with Crippen LogP contribution in [-0.4, -0.2) is 29.7 Å². The highest BCUT2D eigenvalue weighted by Crippen LogP contribution is 2.34. The van der Waals surface area contributed by atoms with E-state index in [4.69, 9.17) is 4.74 Å². The van der Waals surface area contributed by atoms with Gasteiger partial charge in [-0.05, 0) is 73.5 Å². The Kier molecular flexibility index (Phi) is 7.13. The monoisotopic (exact) mass is 501 g/mol. The third kappa shape index (κ3) is 5.11. The predicted molar refractivity (Wildman–Crippen MR) is 151 cm³/mol. The molecule has 188 valence electrons. The molecular formula is C32H27N3O3. The van der Waals surface area contributed by atoms with Gasteiger partial charge in [0.1, 0.15) is 6.29 Å². The molecule has 1 heterocycles. The van der Waals surface area contributed by atoms with Crippen molar-refractivity contribution in [1.29, 1.82) is 0 Å². The Hall–Kier alpha value is -4.97. The van der Waals surface area contributed by atoms with Crippen LogP contribution in [0.5, 0.6) is 0 Å². The lowest BCUT2D eigenvalue weighted by Crippen LogP contribution is -2.29. The number of carbonyl (C=O) groups is 2. The van der Waals surface area contributed by atoms with Gasteiger partial charge in [-0.25, -0.2) is 0 Å². The molecule has 0 aromatic heterocycles. The molecule has 1 aliphatic heterocycles. The van der Waals surface area contributed by atoms with Gasteiger partial charge in [-0.15, -0.1) is 0 Å². The summed E-state index contributed by atoms with van der Waals surface area (Å²) >= 11 is 0. The van der Waals surface area contributed by atoms with Crippen LogP contribution in [0.25, 0.3) is 6.08 Å². The van der Waals surface area contributed by atoms with Crippen LogP contribution in [-0.2, 0) is 9.53 Å². The van der Waals surface area contributed by atoms with E-state index in [9.17, 15) is 9.59 Å². The Morgan fingerprint density at radius 2 is 1.39 bits per heavy atom. The molecule has 0 radical (unpaired) electrons. The van der Waals surface area contributed by atoms with Crippen LogP contribution < -0.4 is 4.90 Å². The molecule has 4 aromatic carbocycles. The van der Waals surface area contributed by atoms with Crippen molar-refractivity contribution < 1.29 is 14.3 Å². The van der Waals surface area contributed by atoms with Crippen molar-refractivity contribution >= 4 is 47.0 Å². The molecule has 0 aliphatic carbocycles. The molecule has 6 nitrogen and oxygen atoms in total. The quantitative estimate of drug-likeness (QED) is 0.199. The first-order valence-electron chi connectivity index (χ1n) is 12.4. The van der Waals surface area contributed by atoms with Crippen LogP contribution in [0.2, 0.25) is 0 Å². The summed E-state index contributed by atoms with van der Waals surface area (Å²) in [6, 6.07) is 33.7. The molecule has 1 amide bonds. The van der Waals surface area contributed by atoms with Gasteiger partial charge in [0.15, 0.2) is 5.76 Å². The number of para-hydroxylation sites is 2. The average molecular weight is 502 g/mol. The zero-order chi connectivity index (χ0) is 26.5. The van der Waals surface area contributed by atoms with E-state index in [0.717, 1.165) is 34.5 Å². The van der Waals surface area contributed by atoms with Gasteiger partial charge in [-0.3, -0.25) is 14.5 Å². The third-order valence-corrected chi connectivity index (χ3v) is 6.27. The van der Waals surface area contributed by atoms with Crippen molar-refractivity contribution in [2.75, 3.05) is 11.4 Å². The molecule has 1 aliphatic rings. The highest BCUT2D eigenvalue weighted by atomic mass is 16.5. The maximum absolute atomic E-state index is 13.1. The van der Waals surface area contributed by atoms with Gasteiger partial charge in [0.25, 0.3) is 5.91 Å². The minimum Gasteiger partial charge on any atom is -0.419 e. The van der Waals surface area contributed by atoms with Crippen molar-refractivity contribution in [3.05, 3.63) is 126 Å². The van der Waals surface area contributed by atoms with E-state index in [1.165, 1.54) is 4.90 Å². The number of ether oxygens (including phenoxy) is 1. The van der Waals surface area contributed by atoms with Gasteiger partial charge in [0.2, 0.25) is 0 Å². The number of hydrogen-bond donors (Lipinski definition) is 0. The van der Waals surface area contributed by atoms with Crippen LogP contribution in [0, 0.1) is 6.92 Å². The van der Waals surface area contributed by atoms with E-state index in [-0.39, 0.29) is 17.7 Å². The first kappa shape index (κ1) is 24.7. The van der Waals surface area contributed by atoms with Crippen molar-refractivity contribution in [3.8, 4) is 0 Å². The van der Waals surface area contributed by atoms with Crippen LogP contribution in [0.3, 0.4) is 0 Å². The molecule has 6 heteroatoms. The number of aryl methyl sites for hydroxylation is 1. The maximum Gasteiger partial charge on any atom is 0.305 e. The number of aliphatic imine (C=N–C) groups is 1. The molecule has 0 spiro atoms. The predicted octanol–water partition coefficient (Wildman–Crippen LogP) is 7.18. The standard InChI is InChI=1S/C32H27N3O3/c1-3-34-31(37)30(38-32(34)33-29-20-25(22-36)15-14-23(29)2)21-24-16-18-28(19-17-24)35(26-10-6-4-7-11-26)27-12-8-5-9-13-27/h4-22H,3H2,1-2H3/b30-21+,33-32+. The molecule has 0 bridgehead atoms. The molecule has 0 saturated carbocycles. The summed E-state index contributed by atoms with van der Waals surface area (Å²) in [4.78, 5) is 32.5. The van der Waals surface area contributed by atoms with Crippen LogP contribution in [0.4, 0.5) is 22.7 Å². The Bertz CT molecular complexity index is 1470. The fraction of sp³-hybridized carbons (Fsp3) is 0.0938. The molecule has 0 atom stereocenters. The first-order chi connectivity index (χ1) is 18.6. The minimum absolute atomic E-state index is 0.200. The van der Waals surface area contributed by atoms with Gasteiger partial charge in [-0.1, -0.05) is 60.7 Å². The van der Waals surface area contributed by atoms with E-state index in [1.54, 1.807) is 18.2 Å². The lowest BCUT2D eigenvalue weighted by atomic mass is 10.1. The number of likely N-dealkylation sites (N-methyl/N-ethyl adjacent to an activating group) is 1. The number of rotatable bonds is 7. The number of carbonyl (C=O) groups excluding carboxylic acids is 2. The summed E-state index contributed by atoms with van der Waals surface area (Å²) < 4.78 is 5.92. The highest BCUT2D eigenvalue weighted by Gasteiger charge is 2.33. The number of amides is 1. The van der Waals surface area contributed by atoms with Crippen molar-refractivity contribution in [2.45, 2.75) is 13.8 Å². The van der Waals surface area contributed by atoms with E-state index in [2.05, 4.69) is 34.2 Å². The smallest absolute Gasteiger partial charge is 0.305 e. The van der Waals surface area contributed by atoms with Gasteiger partial charge < -0.3 is 9.64 Å². The molecular weight excluding hydrogens is 474 g/mol. The second-order valence-corrected chi connectivity index (χ2v) is 8.82. The van der Waals surface area contributed by atoms with E-state index < -0.39 is 0 Å². The van der Waals surface area contributed by atoms with Crippen LogP contribution >= 0.6 is 0 Å². The number of amidine groups is 1. The molecule has 1 fully saturated rings. The zero-order valence-corrected chi connectivity index (χ0v) is 21.2. The van der Waals surface area contributed by atoms with E-state index in [0.29, 0.717) is 17.8 Å². The van der Waals surface area contributed by atoms with Crippen LogP contribution in [0.15, 0.2) is 114 Å². The second kappa shape index (κ2) is 11.0. The Labute approximate surface area is 222 Å². The zero-order valence-electron chi connectivity index (χ0n) is 21.2. The Morgan fingerprint density at radius 3 is 1.97 bits per heavy atom. The average Bonchev–Trinajstić information content (AvgIpc) is 3.25. The topological polar surface area (TPSA) is 62.2 Å². The number of anilines is 3. The maximum atomic E-state index is 13.1. The minimum atomic E-state index is -0.255. The van der Waals surface area contributed by atoms with Gasteiger partial charge in [0.05, 0.1) is 5.69 Å². The first-order valence-corrected chi connectivity index (χ1v) is 12.4. The Morgan fingerprint density at radius 1 is 0.816 bits per heavy atom. The molecule has 38 heavy (non-hydrogen) atoms. The van der Waals surface area contributed by atoms with Gasteiger partial charge in [-0.2, -0.15) is 4.99 Å². The summed E-state index contributed by atoms with van der Waals surface area (Å²) in [6.45, 7) is 4.17. The molecule has 4 aromatic rings. The molecule has 0 unspecified atom stereocenters. The second-order valence-electron chi connectivity index (χ2n) is 8.82. The van der Waals surface area contributed by atoms with Crippen molar-refractivity contribution in [3.63, 3.8) is 0 Å². The lowest BCUT2D eigenvalue weighted by Gasteiger charge is -2.25. The summed E-state index contributed by atoms with van der Waals surface area (Å²) in [7, 11) is 0. The summed E-state index contributed by atoms with van der Waals surface area (Å²) in [5.74, 6) is -0.0553.